The fraction of sp³-hybridized carbons (Fsp3) is 0.800. The van der Waals surface area contributed by atoms with E-state index in [0.29, 0.717) is 6.44 Å². The molecule has 8 heavy (non-hydrogen) atoms. The first-order valence-electron chi connectivity index (χ1n) is 2.76. The molecule has 44 valence electrons. The van der Waals surface area contributed by atoms with Crippen molar-refractivity contribution in [3.63, 3.8) is 0 Å². The lowest BCUT2D eigenvalue weighted by Gasteiger charge is -1.98. The Kier molecular flexibility index (Phi) is 4.42. The van der Waals surface area contributed by atoms with Gasteiger partial charge in [0.25, 0.3) is 0 Å². The van der Waals surface area contributed by atoms with E-state index in [9.17, 15) is 0 Å². The lowest BCUT2D eigenvalue weighted by atomic mass is 10.2. The molecule has 3 heteroatoms. The van der Waals surface area contributed by atoms with E-state index in [2.05, 4.69) is 10.3 Å². The predicted octanol–water partition coefficient (Wildman–Crippen LogP) is 0.140. The number of rotatable bonds is 2. The molecule has 0 spiro atoms. The van der Waals surface area contributed by atoms with E-state index in [1.807, 2.05) is 13.8 Å². The zero-order valence-electron chi connectivity index (χ0n) is 5.44. The molecule has 0 aromatic heterocycles. The summed E-state index contributed by atoms with van der Waals surface area (Å²) in [6.45, 7) is 4.71. The fourth-order valence-corrected chi connectivity index (χ4v) is 0.441. The SMILES string of the molecule is [B]CNC(C)=NCC. The van der Waals surface area contributed by atoms with Gasteiger partial charge in [-0.25, -0.2) is 0 Å². The maximum Gasteiger partial charge on any atom is 0.0939 e. The van der Waals surface area contributed by atoms with Gasteiger partial charge in [-0.05, 0) is 20.3 Å². The monoisotopic (exact) mass is 110 g/mol. The Morgan fingerprint density at radius 3 is 2.75 bits per heavy atom. The van der Waals surface area contributed by atoms with E-state index in [1.165, 1.54) is 0 Å². The van der Waals surface area contributed by atoms with E-state index in [1.54, 1.807) is 0 Å². The maximum atomic E-state index is 5.17. The van der Waals surface area contributed by atoms with Gasteiger partial charge in [0.1, 0.15) is 0 Å². The van der Waals surface area contributed by atoms with Crippen LogP contribution in [0.5, 0.6) is 0 Å². The average molecular weight is 110 g/mol. The van der Waals surface area contributed by atoms with Gasteiger partial charge < -0.3 is 5.32 Å². The Morgan fingerprint density at radius 1 is 1.75 bits per heavy atom. The zero-order chi connectivity index (χ0) is 6.41. The van der Waals surface area contributed by atoms with Crippen LogP contribution in [-0.4, -0.2) is 26.7 Å². The second-order valence-corrected chi connectivity index (χ2v) is 1.44. The Hall–Kier alpha value is -0.465. The van der Waals surface area contributed by atoms with Gasteiger partial charge in [-0.2, -0.15) is 0 Å². The van der Waals surface area contributed by atoms with Crippen molar-refractivity contribution >= 4 is 13.7 Å². The number of hydrogen-bond donors (Lipinski definition) is 1. The molecule has 2 nitrogen and oxygen atoms in total. The zero-order valence-corrected chi connectivity index (χ0v) is 5.44. The van der Waals surface area contributed by atoms with Crippen molar-refractivity contribution in [2.45, 2.75) is 13.8 Å². The highest BCUT2D eigenvalue weighted by molar-refractivity contribution is 6.10. The van der Waals surface area contributed by atoms with Gasteiger partial charge in [-0.15, -0.1) is 0 Å². The molecule has 0 atom stereocenters. The molecule has 0 rings (SSSR count). The molecule has 1 N–H and O–H groups in total. The van der Waals surface area contributed by atoms with E-state index < -0.39 is 0 Å². The topological polar surface area (TPSA) is 24.4 Å². The van der Waals surface area contributed by atoms with Crippen LogP contribution in [0.25, 0.3) is 0 Å². The predicted molar refractivity (Wildman–Crippen MR) is 37.4 cm³/mol. The number of hydrogen-bond acceptors (Lipinski definition) is 1. The lowest BCUT2D eigenvalue weighted by Crippen LogP contribution is -2.21. The second kappa shape index (κ2) is 4.69. The van der Waals surface area contributed by atoms with Crippen LogP contribution < -0.4 is 5.32 Å². The van der Waals surface area contributed by atoms with Crippen molar-refractivity contribution in [3.05, 3.63) is 0 Å². The Balaban J connectivity index is 3.29. The molecular formula is C5H11BN2. The molecule has 2 radical (unpaired) electrons. The number of nitrogens with zero attached hydrogens (tertiary/aromatic N) is 1. The molecule has 0 bridgehead atoms. The molecule has 0 saturated heterocycles. The summed E-state index contributed by atoms with van der Waals surface area (Å²) in [7, 11) is 5.17. The third-order valence-electron chi connectivity index (χ3n) is 0.753. The molecule has 0 aliphatic carbocycles. The first kappa shape index (κ1) is 7.53. The largest absolute Gasteiger partial charge is 0.383 e. The highest BCUT2D eigenvalue weighted by Crippen LogP contribution is 1.69. The van der Waals surface area contributed by atoms with Crippen molar-refractivity contribution in [2.75, 3.05) is 13.0 Å². The maximum absolute atomic E-state index is 5.17. The summed E-state index contributed by atoms with van der Waals surface area (Å²) < 4.78 is 0. The van der Waals surface area contributed by atoms with Crippen LogP contribution in [0.15, 0.2) is 4.99 Å². The van der Waals surface area contributed by atoms with Gasteiger partial charge in [0.15, 0.2) is 0 Å². The van der Waals surface area contributed by atoms with Crippen LogP contribution in [0.1, 0.15) is 13.8 Å². The van der Waals surface area contributed by atoms with E-state index in [0.717, 1.165) is 12.4 Å². The third-order valence-corrected chi connectivity index (χ3v) is 0.753. The molecule has 0 amide bonds. The summed E-state index contributed by atoms with van der Waals surface area (Å²) in [5.41, 5.74) is 0. The molecule has 0 unspecified atom stereocenters. The first-order chi connectivity index (χ1) is 3.81. The third kappa shape index (κ3) is 3.72. The van der Waals surface area contributed by atoms with E-state index >= 15 is 0 Å². The Bertz CT molecular complexity index is 80.5. The molecular weight excluding hydrogens is 98.9 g/mol. The quantitative estimate of drug-likeness (QED) is 0.305. The van der Waals surface area contributed by atoms with Gasteiger partial charge in [-0.1, -0.05) is 0 Å². The van der Waals surface area contributed by atoms with Crippen molar-refractivity contribution in [2.24, 2.45) is 4.99 Å². The summed E-state index contributed by atoms with van der Waals surface area (Å²) in [6, 6.07) is 0. The van der Waals surface area contributed by atoms with Crippen LogP contribution in [0.4, 0.5) is 0 Å². The van der Waals surface area contributed by atoms with Crippen molar-refractivity contribution in [3.8, 4) is 0 Å². The lowest BCUT2D eigenvalue weighted by molar-refractivity contribution is 1.04. The van der Waals surface area contributed by atoms with Crippen molar-refractivity contribution in [1.29, 1.82) is 0 Å². The minimum atomic E-state index is 0.468. The summed E-state index contributed by atoms with van der Waals surface area (Å²) >= 11 is 0. The van der Waals surface area contributed by atoms with Gasteiger partial charge >= 0.3 is 0 Å². The van der Waals surface area contributed by atoms with E-state index in [4.69, 9.17) is 7.85 Å². The minimum absolute atomic E-state index is 0.468. The van der Waals surface area contributed by atoms with Crippen LogP contribution in [0, 0.1) is 0 Å². The molecule has 0 fully saturated rings. The smallest absolute Gasteiger partial charge is 0.0939 e. The van der Waals surface area contributed by atoms with Gasteiger partial charge in [0.2, 0.25) is 0 Å². The second-order valence-electron chi connectivity index (χ2n) is 1.44. The van der Waals surface area contributed by atoms with Crippen molar-refractivity contribution in [1.82, 2.24) is 5.32 Å². The normalized spacial score (nSPS) is 11.5. The molecule has 0 aliphatic rings. The number of aliphatic imine (C=N–C) groups is 1. The average Bonchev–Trinajstić information content (AvgIpc) is 1.68. The highest BCUT2D eigenvalue weighted by Gasteiger charge is 1.79. The summed E-state index contributed by atoms with van der Waals surface area (Å²) in [4.78, 5) is 4.04. The molecule has 0 aliphatic heterocycles. The van der Waals surface area contributed by atoms with Crippen LogP contribution in [0.2, 0.25) is 0 Å². The van der Waals surface area contributed by atoms with Gasteiger partial charge in [-0.3, -0.25) is 4.99 Å². The summed E-state index contributed by atoms with van der Waals surface area (Å²) in [5.74, 6) is 0.912. The molecule has 0 heterocycles. The van der Waals surface area contributed by atoms with Crippen LogP contribution in [-0.2, 0) is 0 Å². The van der Waals surface area contributed by atoms with Crippen molar-refractivity contribution < 1.29 is 0 Å². The van der Waals surface area contributed by atoms with E-state index in [-0.39, 0.29) is 0 Å². The van der Waals surface area contributed by atoms with Gasteiger partial charge in [0.05, 0.1) is 13.7 Å². The highest BCUT2D eigenvalue weighted by atomic mass is 15.0. The minimum Gasteiger partial charge on any atom is -0.383 e. The van der Waals surface area contributed by atoms with Gasteiger partial charge in [0, 0.05) is 6.54 Å². The summed E-state index contributed by atoms with van der Waals surface area (Å²) in [6.07, 6.45) is 0.468. The Labute approximate surface area is 51.8 Å². The molecule has 0 aromatic carbocycles. The fourth-order valence-electron chi connectivity index (χ4n) is 0.441. The standard InChI is InChI=1S/C5H11BN2/c1-3-7-5(2)8-4-6/h3-4H2,1-2H3,(H,7,8). The first-order valence-corrected chi connectivity index (χ1v) is 2.76. The number of nitrogens with one attached hydrogen (secondary N) is 1. The van der Waals surface area contributed by atoms with Crippen LogP contribution >= 0.6 is 0 Å². The van der Waals surface area contributed by atoms with Crippen LogP contribution in [0.3, 0.4) is 0 Å². The summed E-state index contributed by atoms with van der Waals surface area (Å²) in [5, 5.41) is 2.87. The number of amidine groups is 1. The molecule has 0 aromatic rings. The molecule has 0 saturated carbocycles. The Morgan fingerprint density at radius 2 is 2.38 bits per heavy atom.